The molecular weight excluding hydrogens is 340 g/mol. The first-order chi connectivity index (χ1) is 11.8. The molecule has 1 unspecified atom stereocenters. The molecule has 134 valence electrons. The van der Waals surface area contributed by atoms with Crippen molar-refractivity contribution in [3.63, 3.8) is 0 Å². The molecule has 2 amide bonds. The number of rotatable bonds is 5. The highest BCUT2D eigenvalue weighted by atomic mass is 32.2. The summed E-state index contributed by atoms with van der Waals surface area (Å²) in [6, 6.07) is 7.10. The normalized spacial score (nSPS) is 26.3. The van der Waals surface area contributed by atoms with Crippen LogP contribution in [0.1, 0.15) is 36.5 Å². The van der Waals surface area contributed by atoms with Crippen LogP contribution in [-0.2, 0) is 9.59 Å². The molecule has 3 rings (SSSR count). The number of primary amides is 1. The van der Waals surface area contributed by atoms with E-state index in [0.717, 1.165) is 12.8 Å². The Kier molecular flexibility index (Phi) is 4.77. The summed E-state index contributed by atoms with van der Waals surface area (Å²) in [7, 11) is 0. The van der Waals surface area contributed by atoms with Crippen molar-refractivity contribution in [2.75, 3.05) is 13.1 Å². The Balaban J connectivity index is 1.83. The molecule has 1 aliphatic carbocycles. The quantitative estimate of drug-likeness (QED) is 0.780. The van der Waals surface area contributed by atoms with Gasteiger partial charge in [-0.25, -0.2) is 0 Å². The zero-order valence-electron chi connectivity index (χ0n) is 14.1. The molecule has 1 saturated heterocycles. The fraction of sp³-hybridized carbons (Fsp3) is 0.500. The number of nitrogens with zero attached hydrogens (tertiary/aromatic N) is 1. The van der Waals surface area contributed by atoms with Crippen molar-refractivity contribution in [3.8, 4) is 0 Å². The molecule has 1 aliphatic heterocycles. The summed E-state index contributed by atoms with van der Waals surface area (Å²) in [5.41, 5.74) is 5.03. The number of aliphatic carboxylic acids is 1. The van der Waals surface area contributed by atoms with Crippen LogP contribution in [-0.4, -0.2) is 46.1 Å². The summed E-state index contributed by atoms with van der Waals surface area (Å²) in [4.78, 5) is 38.5. The third-order valence-corrected chi connectivity index (χ3v) is 6.60. The third kappa shape index (κ3) is 3.13. The van der Waals surface area contributed by atoms with Crippen LogP contribution in [0, 0.1) is 11.3 Å². The second-order valence-corrected chi connectivity index (χ2v) is 8.28. The molecule has 0 spiro atoms. The first-order valence-electron chi connectivity index (χ1n) is 8.43. The van der Waals surface area contributed by atoms with Crippen LogP contribution in [0.4, 0.5) is 0 Å². The van der Waals surface area contributed by atoms with E-state index in [4.69, 9.17) is 5.73 Å². The zero-order chi connectivity index (χ0) is 18.2. The first-order valence-corrected chi connectivity index (χ1v) is 9.31. The van der Waals surface area contributed by atoms with Gasteiger partial charge in [0, 0.05) is 18.0 Å². The largest absolute Gasteiger partial charge is 0.481 e. The molecule has 1 aromatic rings. The Morgan fingerprint density at radius 2 is 2.08 bits per heavy atom. The van der Waals surface area contributed by atoms with E-state index < -0.39 is 22.5 Å². The summed E-state index contributed by atoms with van der Waals surface area (Å²) in [5, 5.41) is 9.24. The maximum atomic E-state index is 13.0. The lowest BCUT2D eigenvalue weighted by Crippen LogP contribution is -2.37. The number of carbonyl (C=O) groups excluding carboxylic acids is 2. The lowest BCUT2D eigenvalue weighted by Gasteiger charge is -2.23. The first kappa shape index (κ1) is 17.8. The lowest BCUT2D eigenvalue weighted by molar-refractivity contribution is -0.149. The van der Waals surface area contributed by atoms with Crippen LogP contribution in [0.15, 0.2) is 29.2 Å². The number of hydrogen-bond acceptors (Lipinski definition) is 4. The van der Waals surface area contributed by atoms with Gasteiger partial charge in [0.05, 0.1) is 16.2 Å². The minimum absolute atomic E-state index is 0.0262. The van der Waals surface area contributed by atoms with Gasteiger partial charge in [0.2, 0.25) is 5.91 Å². The molecule has 3 N–H and O–H groups in total. The molecule has 1 saturated carbocycles. The van der Waals surface area contributed by atoms with Crippen LogP contribution >= 0.6 is 11.8 Å². The minimum atomic E-state index is -0.796. The average Bonchev–Trinajstić information content (AvgIpc) is 3.12. The number of carbonyl (C=O) groups is 3. The number of fused-ring (bicyclic) bond motifs is 1. The highest BCUT2D eigenvalue weighted by molar-refractivity contribution is 8.00. The molecule has 0 aromatic heterocycles. The zero-order valence-corrected chi connectivity index (χ0v) is 14.9. The van der Waals surface area contributed by atoms with Gasteiger partial charge in [0.25, 0.3) is 5.91 Å². The van der Waals surface area contributed by atoms with Gasteiger partial charge in [-0.1, -0.05) is 18.6 Å². The molecule has 1 aromatic carbocycles. The van der Waals surface area contributed by atoms with Crippen LogP contribution in [0.25, 0.3) is 0 Å². The second kappa shape index (κ2) is 6.71. The Morgan fingerprint density at radius 3 is 2.72 bits per heavy atom. The Hall–Kier alpha value is -2.02. The molecule has 2 fully saturated rings. The van der Waals surface area contributed by atoms with Crippen LogP contribution in [0.3, 0.4) is 0 Å². The number of nitrogens with two attached hydrogens (primary N) is 1. The van der Waals surface area contributed by atoms with E-state index in [0.29, 0.717) is 23.4 Å². The van der Waals surface area contributed by atoms with Gasteiger partial charge in [-0.3, -0.25) is 14.4 Å². The number of carboxylic acids is 1. The molecule has 3 atom stereocenters. The highest BCUT2D eigenvalue weighted by Crippen LogP contribution is 2.49. The number of amides is 2. The van der Waals surface area contributed by atoms with Gasteiger partial charge in [-0.15, -0.1) is 11.8 Å². The fourth-order valence-corrected chi connectivity index (χ4v) is 4.90. The van der Waals surface area contributed by atoms with Gasteiger partial charge in [0.1, 0.15) is 0 Å². The van der Waals surface area contributed by atoms with Crippen molar-refractivity contribution in [2.45, 2.75) is 36.3 Å². The van der Waals surface area contributed by atoms with E-state index in [1.807, 2.05) is 6.07 Å². The van der Waals surface area contributed by atoms with Crippen LogP contribution in [0.2, 0.25) is 0 Å². The molecule has 0 radical (unpaired) electrons. The van der Waals surface area contributed by atoms with Crippen molar-refractivity contribution in [1.29, 1.82) is 0 Å². The van der Waals surface area contributed by atoms with Crippen LogP contribution in [0.5, 0.6) is 0 Å². The van der Waals surface area contributed by atoms with E-state index in [1.54, 1.807) is 30.0 Å². The van der Waals surface area contributed by atoms with Crippen molar-refractivity contribution in [1.82, 2.24) is 4.90 Å². The summed E-state index contributed by atoms with van der Waals surface area (Å²) in [5.74, 6) is -1.38. The summed E-state index contributed by atoms with van der Waals surface area (Å²) >= 11 is 1.25. The van der Waals surface area contributed by atoms with Crippen molar-refractivity contribution >= 4 is 29.5 Å². The monoisotopic (exact) mass is 362 g/mol. The SMILES string of the molecule is CC(Sc1ccccc1C(=O)N1C[C@@H]2CCC[C@@]2(C(=O)O)C1)C(N)=O. The van der Waals surface area contributed by atoms with Gasteiger partial charge in [-0.05, 0) is 37.8 Å². The Morgan fingerprint density at radius 1 is 1.36 bits per heavy atom. The summed E-state index contributed by atoms with van der Waals surface area (Å²) in [6.45, 7) is 2.44. The second-order valence-electron chi connectivity index (χ2n) is 6.89. The van der Waals surface area contributed by atoms with Crippen molar-refractivity contribution in [2.24, 2.45) is 17.1 Å². The van der Waals surface area contributed by atoms with Crippen molar-refractivity contribution in [3.05, 3.63) is 29.8 Å². The summed E-state index contributed by atoms with van der Waals surface area (Å²) in [6.07, 6.45) is 2.39. The topological polar surface area (TPSA) is 101 Å². The Labute approximate surface area is 150 Å². The van der Waals surface area contributed by atoms with E-state index in [9.17, 15) is 19.5 Å². The van der Waals surface area contributed by atoms with Gasteiger partial charge < -0.3 is 15.7 Å². The van der Waals surface area contributed by atoms with Crippen molar-refractivity contribution < 1.29 is 19.5 Å². The molecule has 1 heterocycles. The maximum Gasteiger partial charge on any atom is 0.311 e. The summed E-state index contributed by atoms with van der Waals surface area (Å²) < 4.78 is 0. The van der Waals surface area contributed by atoms with E-state index >= 15 is 0 Å². The molecule has 7 heteroatoms. The molecular formula is C18H22N2O4S. The van der Waals surface area contributed by atoms with Gasteiger partial charge in [0.15, 0.2) is 0 Å². The fourth-order valence-electron chi connectivity index (χ4n) is 3.96. The minimum Gasteiger partial charge on any atom is -0.481 e. The number of carboxylic acid groups (broad SMARTS) is 1. The number of thioether (sulfide) groups is 1. The molecule has 6 nitrogen and oxygen atoms in total. The smallest absolute Gasteiger partial charge is 0.311 e. The third-order valence-electron chi connectivity index (χ3n) is 5.41. The van der Waals surface area contributed by atoms with E-state index in [-0.39, 0.29) is 18.4 Å². The lowest BCUT2D eigenvalue weighted by atomic mass is 9.81. The molecule has 0 bridgehead atoms. The predicted octanol–water partition coefficient (Wildman–Crippen LogP) is 1.98. The van der Waals surface area contributed by atoms with Gasteiger partial charge in [-0.2, -0.15) is 0 Å². The number of hydrogen-bond donors (Lipinski definition) is 2. The average molecular weight is 362 g/mol. The number of benzene rings is 1. The van der Waals surface area contributed by atoms with E-state index in [2.05, 4.69) is 0 Å². The molecule has 2 aliphatic rings. The highest BCUT2D eigenvalue weighted by Gasteiger charge is 2.55. The Bertz CT molecular complexity index is 723. The van der Waals surface area contributed by atoms with Gasteiger partial charge >= 0.3 is 5.97 Å². The maximum absolute atomic E-state index is 13.0. The van der Waals surface area contributed by atoms with E-state index in [1.165, 1.54) is 11.8 Å². The number of likely N-dealkylation sites (tertiary alicyclic amines) is 1. The predicted molar refractivity (Wildman–Crippen MR) is 94.3 cm³/mol. The standard InChI is InChI=1S/C18H22N2O4S/c1-11(15(19)21)25-14-7-3-2-6-13(14)16(22)20-9-12-5-4-8-18(12,10-20)17(23)24/h2-3,6-7,11-12H,4-5,8-10H2,1H3,(H2,19,21)(H,23,24)/t11?,12-,18+/m0/s1. The van der Waals surface area contributed by atoms with Crippen LogP contribution < -0.4 is 5.73 Å². The molecule has 25 heavy (non-hydrogen) atoms.